The van der Waals surface area contributed by atoms with E-state index in [1.54, 1.807) is 11.8 Å². The Balaban J connectivity index is 2.48. The second-order valence-corrected chi connectivity index (χ2v) is 3.82. The van der Waals surface area contributed by atoms with Crippen molar-refractivity contribution in [3.8, 4) is 6.07 Å². The van der Waals surface area contributed by atoms with E-state index in [2.05, 4.69) is 0 Å². The molecular weight excluding hydrogens is 180 g/mol. The van der Waals surface area contributed by atoms with Gasteiger partial charge in [-0.15, -0.1) is 0 Å². The van der Waals surface area contributed by atoms with Crippen molar-refractivity contribution in [2.24, 2.45) is 5.92 Å². The summed E-state index contributed by atoms with van der Waals surface area (Å²) in [5.74, 6) is 0.0595. The highest BCUT2D eigenvalue weighted by atomic mass is 16.3. The number of piperidine rings is 1. The van der Waals surface area contributed by atoms with E-state index in [0.29, 0.717) is 6.54 Å². The summed E-state index contributed by atoms with van der Waals surface area (Å²) in [6.45, 7) is 3.07. The van der Waals surface area contributed by atoms with E-state index in [4.69, 9.17) is 5.26 Å². The van der Waals surface area contributed by atoms with Crippen molar-refractivity contribution in [2.75, 3.05) is 13.1 Å². The van der Waals surface area contributed by atoms with Gasteiger partial charge >= 0.3 is 0 Å². The molecule has 1 heterocycles. The minimum atomic E-state index is -0.368. The van der Waals surface area contributed by atoms with Gasteiger partial charge < -0.3 is 10.0 Å². The first kappa shape index (κ1) is 11.0. The van der Waals surface area contributed by atoms with Crippen LogP contribution in [0.3, 0.4) is 0 Å². The van der Waals surface area contributed by atoms with Crippen LogP contribution in [0, 0.1) is 17.2 Å². The fourth-order valence-corrected chi connectivity index (χ4v) is 1.81. The van der Waals surface area contributed by atoms with Crippen molar-refractivity contribution in [3.05, 3.63) is 0 Å². The van der Waals surface area contributed by atoms with E-state index in [9.17, 15) is 9.90 Å². The molecule has 1 rings (SSSR count). The van der Waals surface area contributed by atoms with Gasteiger partial charge in [0.2, 0.25) is 5.91 Å². The molecule has 0 radical (unpaired) electrons. The van der Waals surface area contributed by atoms with Crippen LogP contribution in [-0.2, 0) is 4.79 Å². The minimum absolute atomic E-state index is 0.0491. The molecule has 1 amide bonds. The molecule has 2 atom stereocenters. The Bertz CT molecular complexity index is 245. The molecule has 0 saturated carbocycles. The Morgan fingerprint density at radius 1 is 1.79 bits per heavy atom. The van der Waals surface area contributed by atoms with Gasteiger partial charge in [-0.3, -0.25) is 4.79 Å². The summed E-state index contributed by atoms with van der Waals surface area (Å²) in [4.78, 5) is 13.1. The van der Waals surface area contributed by atoms with Crippen molar-refractivity contribution < 1.29 is 9.90 Å². The molecule has 78 valence electrons. The maximum atomic E-state index is 11.4. The predicted molar refractivity (Wildman–Crippen MR) is 51.2 cm³/mol. The highest BCUT2D eigenvalue weighted by molar-refractivity contribution is 5.78. The number of nitriles is 1. The summed E-state index contributed by atoms with van der Waals surface area (Å²) in [7, 11) is 0. The lowest BCUT2D eigenvalue weighted by Gasteiger charge is -2.33. The van der Waals surface area contributed by atoms with Crippen LogP contribution in [0.1, 0.15) is 26.2 Å². The molecule has 1 fully saturated rings. The molecule has 0 spiro atoms. The van der Waals surface area contributed by atoms with Crippen LogP contribution in [0.2, 0.25) is 0 Å². The summed E-state index contributed by atoms with van der Waals surface area (Å²) < 4.78 is 0. The van der Waals surface area contributed by atoms with E-state index in [1.165, 1.54) is 0 Å². The van der Waals surface area contributed by atoms with Gasteiger partial charge in [-0.1, -0.05) is 0 Å². The monoisotopic (exact) mass is 196 g/mol. The first-order valence-electron chi connectivity index (χ1n) is 4.98. The quantitative estimate of drug-likeness (QED) is 0.700. The fraction of sp³-hybridized carbons (Fsp3) is 0.800. The van der Waals surface area contributed by atoms with E-state index < -0.39 is 0 Å². The number of hydrogen-bond acceptors (Lipinski definition) is 3. The second kappa shape index (κ2) is 4.97. The number of amides is 1. The molecule has 0 aromatic rings. The Labute approximate surface area is 84.1 Å². The van der Waals surface area contributed by atoms with E-state index in [-0.39, 0.29) is 24.3 Å². The van der Waals surface area contributed by atoms with Crippen molar-refractivity contribution in [3.63, 3.8) is 0 Å². The molecule has 0 aliphatic carbocycles. The zero-order valence-corrected chi connectivity index (χ0v) is 8.44. The average Bonchev–Trinajstić information content (AvgIpc) is 2.18. The molecule has 1 saturated heterocycles. The van der Waals surface area contributed by atoms with Gasteiger partial charge in [-0.05, 0) is 19.8 Å². The van der Waals surface area contributed by atoms with Gasteiger partial charge in [0.15, 0.2) is 0 Å². The van der Waals surface area contributed by atoms with Crippen LogP contribution in [0.5, 0.6) is 0 Å². The number of hydrogen-bond donors (Lipinski definition) is 1. The lowest BCUT2D eigenvalue weighted by molar-refractivity contribution is -0.132. The van der Waals surface area contributed by atoms with E-state index in [0.717, 1.165) is 19.4 Å². The Morgan fingerprint density at radius 2 is 2.50 bits per heavy atom. The maximum absolute atomic E-state index is 11.4. The van der Waals surface area contributed by atoms with Crippen LogP contribution < -0.4 is 0 Å². The standard InChI is InChI=1S/C10H16N2O2/c1-8(13)9-3-2-6-12(7-9)10(14)4-5-11/h8-9,13H,2-4,6-7H2,1H3/t8-,9+/m0/s1. The lowest BCUT2D eigenvalue weighted by Crippen LogP contribution is -2.42. The number of likely N-dealkylation sites (tertiary alicyclic amines) is 1. The van der Waals surface area contributed by atoms with Crippen LogP contribution in [-0.4, -0.2) is 35.1 Å². The van der Waals surface area contributed by atoms with Crippen molar-refractivity contribution in [2.45, 2.75) is 32.3 Å². The van der Waals surface area contributed by atoms with Crippen LogP contribution >= 0.6 is 0 Å². The summed E-state index contributed by atoms with van der Waals surface area (Å²) in [5, 5.41) is 17.8. The highest BCUT2D eigenvalue weighted by Gasteiger charge is 2.25. The molecule has 0 bridgehead atoms. The van der Waals surface area contributed by atoms with Gasteiger partial charge in [-0.25, -0.2) is 0 Å². The van der Waals surface area contributed by atoms with E-state index >= 15 is 0 Å². The molecule has 1 aliphatic rings. The Morgan fingerprint density at radius 3 is 3.07 bits per heavy atom. The third-order valence-corrected chi connectivity index (χ3v) is 2.72. The molecule has 1 aliphatic heterocycles. The number of nitrogens with zero attached hydrogens (tertiary/aromatic N) is 2. The first-order valence-corrected chi connectivity index (χ1v) is 4.98. The number of aliphatic hydroxyl groups is 1. The summed E-state index contributed by atoms with van der Waals surface area (Å²) in [5.41, 5.74) is 0. The van der Waals surface area contributed by atoms with Gasteiger partial charge in [0, 0.05) is 19.0 Å². The molecule has 0 aromatic heterocycles. The summed E-state index contributed by atoms with van der Waals surface area (Å²) in [6.07, 6.45) is 1.47. The highest BCUT2D eigenvalue weighted by Crippen LogP contribution is 2.19. The van der Waals surface area contributed by atoms with Crippen molar-refractivity contribution >= 4 is 5.91 Å². The van der Waals surface area contributed by atoms with Gasteiger partial charge in [0.1, 0.15) is 6.42 Å². The third kappa shape index (κ3) is 2.71. The Hall–Kier alpha value is -1.08. The average molecular weight is 196 g/mol. The Kier molecular flexibility index (Phi) is 3.90. The maximum Gasteiger partial charge on any atom is 0.236 e. The fourth-order valence-electron chi connectivity index (χ4n) is 1.81. The number of aliphatic hydroxyl groups excluding tert-OH is 1. The first-order chi connectivity index (χ1) is 6.65. The smallest absolute Gasteiger partial charge is 0.236 e. The SMILES string of the molecule is C[C@H](O)[C@@H]1CCCN(C(=O)CC#N)C1. The number of rotatable bonds is 2. The molecule has 4 nitrogen and oxygen atoms in total. The summed E-state index contributed by atoms with van der Waals surface area (Å²) >= 11 is 0. The molecule has 0 aromatic carbocycles. The summed E-state index contributed by atoms with van der Waals surface area (Å²) in [6, 6.07) is 1.86. The van der Waals surface area contributed by atoms with Gasteiger partial charge in [0.05, 0.1) is 12.2 Å². The molecule has 14 heavy (non-hydrogen) atoms. The zero-order chi connectivity index (χ0) is 10.6. The molecular formula is C10H16N2O2. The van der Waals surface area contributed by atoms with Gasteiger partial charge in [0.25, 0.3) is 0 Å². The van der Waals surface area contributed by atoms with Gasteiger partial charge in [-0.2, -0.15) is 5.26 Å². The van der Waals surface area contributed by atoms with Crippen molar-refractivity contribution in [1.82, 2.24) is 4.90 Å². The molecule has 1 N–H and O–H groups in total. The van der Waals surface area contributed by atoms with Crippen LogP contribution in [0.15, 0.2) is 0 Å². The largest absolute Gasteiger partial charge is 0.393 e. The zero-order valence-electron chi connectivity index (χ0n) is 8.44. The topological polar surface area (TPSA) is 64.3 Å². The number of carbonyl (C=O) groups is 1. The third-order valence-electron chi connectivity index (χ3n) is 2.72. The predicted octanol–water partition coefficient (Wildman–Crippen LogP) is 0.519. The van der Waals surface area contributed by atoms with E-state index in [1.807, 2.05) is 6.07 Å². The molecule has 4 heteroatoms. The molecule has 0 unspecified atom stereocenters. The lowest BCUT2D eigenvalue weighted by atomic mass is 9.93. The number of carbonyl (C=O) groups excluding carboxylic acids is 1. The van der Waals surface area contributed by atoms with Crippen molar-refractivity contribution in [1.29, 1.82) is 5.26 Å². The minimum Gasteiger partial charge on any atom is -0.393 e. The van der Waals surface area contributed by atoms with Crippen LogP contribution in [0.25, 0.3) is 0 Å². The van der Waals surface area contributed by atoms with Crippen LogP contribution in [0.4, 0.5) is 0 Å². The second-order valence-electron chi connectivity index (χ2n) is 3.82. The normalized spacial score (nSPS) is 24.1.